The minimum atomic E-state index is -0.650. The van der Waals surface area contributed by atoms with E-state index in [9.17, 15) is 14.4 Å². The molecule has 2 fully saturated rings. The molecule has 174 valence electrons. The molecule has 2 bridgehead atoms. The fourth-order valence-electron chi connectivity index (χ4n) is 5.12. The predicted molar refractivity (Wildman–Crippen MR) is 118 cm³/mol. The van der Waals surface area contributed by atoms with E-state index in [4.69, 9.17) is 9.47 Å². The molecule has 5 rings (SSSR count). The average Bonchev–Trinajstić information content (AvgIpc) is 2.82. The zero-order chi connectivity index (χ0) is 22.7. The van der Waals surface area contributed by atoms with Crippen LogP contribution in [-0.2, 0) is 19.1 Å². The molecule has 0 aromatic heterocycles. The molecule has 1 unspecified atom stereocenters. The number of rotatable bonds is 1. The van der Waals surface area contributed by atoms with Gasteiger partial charge < -0.3 is 24.6 Å². The Kier molecular flexibility index (Phi) is 6.98. The van der Waals surface area contributed by atoms with Gasteiger partial charge in [0.25, 0.3) is 5.91 Å². The lowest BCUT2D eigenvalue weighted by molar-refractivity contribution is -0.147. The van der Waals surface area contributed by atoms with E-state index >= 15 is 0 Å². The Morgan fingerprint density at radius 1 is 1.09 bits per heavy atom. The highest BCUT2D eigenvalue weighted by molar-refractivity contribution is 6.34. The normalized spacial score (nSPS) is 28.2. The van der Waals surface area contributed by atoms with Crippen molar-refractivity contribution in [2.24, 2.45) is 0 Å². The standard InChI is InChI=1S/C24H33N3O5/c1-26(2)24(30)23(29)25-19-7-5-13-27-20(19)14-31-17-11-9-16(10-12-17)18-6-3-4-8-21(18)32-15-22(27)28/h3-4,6,8,16-17,19-20H,5,7,9-15H2,1-2H3,(H,25,29)/t16?,17?,19-,20?/m0/s1. The van der Waals surface area contributed by atoms with Gasteiger partial charge in [-0.05, 0) is 56.1 Å². The maximum absolute atomic E-state index is 13.2. The molecule has 1 aromatic carbocycles. The minimum absolute atomic E-state index is 0.0546. The molecule has 8 heteroatoms. The molecule has 1 saturated heterocycles. The van der Waals surface area contributed by atoms with Crippen molar-refractivity contribution >= 4 is 17.7 Å². The number of amides is 3. The number of para-hydroxylation sites is 1. The number of carbonyl (C=O) groups is 3. The summed E-state index contributed by atoms with van der Waals surface area (Å²) < 4.78 is 12.3. The first-order valence-electron chi connectivity index (χ1n) is 11.6. The summed E-state index contributed by atoms with van der Waals surface area (Å²) in [6.45, 7) is 0.870. The van der Waals surface area contributed by atoms with Crippen LogP contribution in [-0.4, -0.2) is 79.6 Å². The monoisotopic (exact) mass is 443 g/mol. The molecule has 0 spiro atoms. The number of piperidine rings is 1. The van der Waals surface area contributed by atoms with Crippen molar-refractivity contribution in [2.45, 2.75) is 62.6 Å². The van der Waals surface area contributed by atoms with Gasteiger partial charge in [-0.3, -0.25) is 14.4 Å². The summed E-state index contributed by atoms with van der Waals surface area (Å²) in [7, 11) is 3.10. The first-order chi connectivity index (χ1) is 15.4. The smallest absolute Gasteiger partial charge is 0.311 e. The fraction of sp³-hybridized carbons (Fsp3) is 0.625. The maximum Gasteiger partial charge on any atom is 0.311 e. The van der Waals surface area contributed by atoms with Crippen molar-refractivity contribution < 1.29 is 23.9 Å². The first kappa shape index (κ1) is 22.6. The summed E-state index contributed by atoms with van der Waals surface area (Å²) >= 11 is 0. The number of carbonyl (C=O) groups excluding carboxylic acids is 3. The van der Waals surface area contributed by atoms with Crippen LogP contribution in [0.2, 0.25) is 0 Å². The molecular formula is C24H33N3O5. The second kappa shape index (κ2) is 9.90. The van der Waals surface area contributed by atoms with Crippen LogP contribution in [0.5, 0.6) is 5.75 Å². The van der Waals surface area contributed by atoms with Crippen molar-refractivity contribution in [2.75, 3.05) is 33.9 Å². The third-order valence-electron chi connectivity index (χ3n) is 6.90. The van der Waals surface area contributed by atoms with E-state index in [-0.39, 0.29) is 30.7 Å². The molecular weight excluding hydrogens is 410 g/mol. The lowest BCUT2D eigenvalue weighted by Gasteiger charge is -2.42. The van der Waals surface area contributed by atoms with Crippen LogP contribution in [0.15, 0.2) is 24.3 Å². The van der Waals surface area contributed by atoms with E-state index in [2.05, 4.69) is 11.4 Å². The molecule has 1 saturated carbocycles. The van der Waals surface area contributed by atoms with Gasteiger partial charge in [0.2, 0.25) is 0 Å². The average molecular weight is 444 g/mol. The molecule has 32 heavy (non-hydrogen) atoms. The Morgan fingerprint density at radius 3 is 2.59 bits per heavy atom. The minimum Gasteiger partial charge on any atom is -0.483 e. The van der Waals surface area contributed by atoms with Crippen LogP contribution in [0.25, 0.3) is 0 Å². The summed E-state index contributed by atoms with van der Waals surface area (Å²) in [6, 6.07) is 7.34. The van der Waals surface area contributed by atoms with Crippen molar-refractivity contribution in [3.05, 3.63) is 29.8 Å². The number of nitrogens with one attached hydrogen (secondary N) is 1. The highest BCUT2D eigenvalue weighted by Gasteiger charge is 2.38. The zero-order valence-electron chi connectivity index (χ0n) is 18.9. The van der Waals surface area contributed by atoms with Gasteiger partial charge in [0, 0.05) is 20.6 Å². The maximum atomic E-state index is 13.2. The molecule has 3 heterocycles. The SMILES string of the molecule is CN(C)C(=O)C(=O)N[C@H]1CCCN2C(=O)COc3ccccc3C3CCC(CC3)OCC12. The van der Waals surface area contributed by atoms with E-state index in [1.54, 1.807) is 19.0 Å². The summed E-state index contributed by atoms with van der Waals surface area (Å²) in [4.78, 5) is 40.7. The molecule has 2 atom stereocenters. The second-order valence-electron chi connectivity index (χ2n) is 9.21. The van der Waals surface area contributed by atoms with Crippen molar-refractivity contribution in [1.29, 1.82) is 0 Å². The Labute approximate surface area is 189 Å². The molecule has 8 nitrogen and oxygen atoms in total. The van der Waals surface area contributed by atoms with Crippen LogP contribution in [0.3, 0.4) is 0 Å². The Hall–Kier alpha value is -2.61. The summed E-state index contributed by atoms with van der Waals surface area (Å²) in [6.07, 6.45) is 5.52. The summed E-state index contributed by atoms with van der Waals surface area (Å²) in [5.74, 6) is -0.189. The van der Waals surface area contributed by atoms with Crippen LogP contribution in [0, 0.1) is 0 Å². The van der Waals surface area contributed by atoms with Crippen molar-refractivity contribution in [3.8, 4) is 5.75 Å². The van der Waals surface area contributed by atoms with Gasteiger partial charge in [-0.1, -0.05) is 18.2 Å². The molecule has 1 N–H and O–H groups in total. The van der Waals surface area contributed by atoms with Crippen LogP contribution >= 0.6 is 0 Å². The van der Waals surface area contributed by atoms with Crippen molar-refractivity contribution in [3.63, 3.8) is 0 Å². The van der Waals surface area contributed by atoms with Gasteiger partial charge in [-0.2, -0.15) is 0 Å². The number of hydrogen-bond acceptors (Lipinski definition) is 5. The van der Waals surface area contributed by atoms with Gasteiger partial charge in [0.05, 0.1) is 24.8 Å². The van der Waals surface area contributed by atoms with Gasteiger partial charge in [0.1, 0.15) is 5.75 Å². The molecule has 3 aliphatic heterocycles. The summed E-state index contributed by atoms with van der Waals surface area (Å²) in [5, 5.41) is 2.86. The topological polar surface area (TPSA) is 88.2 Å². The third kappa shape index (κ3) is 4.90. The van der Waals surface area contributed by atoms with Gasteiger partial charge in [-0.15, -0.1) is 0 Å². The molecule has 1 aliphatic carbocycles. The fourth-order valence-corrected chi connectivity index (χ4v) is 5.12. The molecule has 0 radical (unpaired) electrons. The Balaban J connectivity index is 1.56. The van der Waals surface area contributed by atoms with Gasteiger partial charge in [-0.25, -0.2) is 0 Å². The van der Waals surface area contributed by atoms with E-state index < -0.39 is 11.8 Å². The Bertz CT molecular complexity index is 850. The zero-order valence-corrected chi connectivity index (χ0v) is 18.9. The molecule has 3 amide bonds. The van der Waals surface area contributed by atoms with Gasteiger partial charge in [0.15, 0.2) is 6.61 Å². The third-order valence-corrected chi connectivity index (χ3v) is 6.90. The second-order valence-corrected chi connectivity index (χ2v) is 9.21. The highest BCUT2D eigenvalue weighted by Crippen LogP contribution is 2.38. The quantitative estimate of drug-likeness (QED) is 0.668. The largest absolute Gasteiger partial charge is 0.483 e. The number of benzene rings is 1. The van der Waals surface area contributed by atoms with E-state index in [1.807, 2.05) is 18.2 Å². The van der Waals surface area contributed by atoms with Crippen LogP contribution in [0.4, 0.5) is 0 Å². The lowest BCUT2D eigenvalue weighted by Crippen LogP contribution is -2.61. The number of hydrogen-bond donors (Lipinski definition) is 1. The number of ether oxygens (including phenoxy) is 2. The predicted octanol–water partition coefficient (Wildman–Crippen LogP) is 1.69. The van der Waals surface area contributed by atoms with Crippen LogP contribution < -0.4 is 10.1 Å². The lowest BCUT2D eigenvalue weighted by atomic mass is 9.82. The Morgan fingerprint density at radius 2 is 1.84 bits per heavy atom. The molecule has 1 aromatic rings. The van der Waals surface area contributed by atoms with E-state index in [1.165, 1.54) is 10.5 Å². The van der Waals surface area contributed by atoms with Crippen LogP contribution in [0.1, 0.15) is 50.0 Å². The van der Waals surface area contributed by atoms with Crippen molar-refractivity contribution in [1.82, 2.24) is 15.1 Å². The summed E-state index contributed by atoms with van der Waals surface area (Å²) in [5.41, 5.74) is 1.17. The number of likely N-dealkylation sites (N-methyl/N-ethyl adjacent to an activating group) is 1. The highest BCUT2D eigenvalue weighted by atomic mass is 16.5. The first-order valence-corrected chi connectivity index (χ1v) is 11.6. The van der Waals surface area contributed by atoms with Gasteiger partial charge >= 0.3 is 11.8 Å². The number of fused-ring (bicyclic) bond motifs is 5. The number of nitrogens with zero attached hydrogens (tertiary/aromatic N) is 2. The van der Waals surface area contributed by atoms with E-state index in [0.717, 1.165) is 37.9 Å². The van der Waals surface area contributed by atoms with E-state index in [0.29, 0.717) is 25.5 Å². The molecule has 4 aliphatic rings.